The van der Waals surface area contributed by atoms with E-state index in [1.54, 1.807) is 0 Å². The fraction of sp³-hybridized carbons (Fsp3) is 1.00. The number of unbranched alkanes of at least 4 members (excludes halogenated alkanes) is 4. The van der Waals surface area contributed by atoms with Gasteiger partial charge in [-0.1, -0.05) is 67.2 Å². The van der Waals surface area contributed by atoms with Crippen molar-refractivity contribution in [2.75, 3.05) is 13.2 Å². The van der Waals surface area contributed by atoms with E-state index >= 15 is 0 Å². The summed E-state index contributed by atoms with van der Waals surface area (Å²) in [6.07, 6.45) is 8.55. The fourth-order valence-corrected chi connectivity index (χ4v) is 3.80. The van der Waals surface area contributed by atoms with Crippen LogP contribution in [0.4, 0.5) is 0 Å². The van der Waals surface area contributed by atoms with E-state index in [0.717, 1.165) is 32.0 Å². The lowest BCUT2D eigenvalue weighted by Gasteiger charge is -2.28. The van der Waals surface area contributed by atoms with E-state index in [-0.39, 0.29) is 6.29 Å². The molecule has 2 heteroatoms. The van der Waals surface area contributed by atoms with Crippen LogP contribution in [0.5, 0.6) is 0 Å². The predicted octanol–water partition coefficient (Wildman–Crippen LogP) is 6.04. The van der Waals surface area contributed by atoms with Crippen molar-refractivity contribution >= 4 is 0 Å². The fourth-order valence-electron chi connectivity index (χ4n) is 3.80. The lowest BCUT2D eigenvalue weighted by Crippen LogP contribution is -2.30. The first kappa shape index (κ1) is 20.0. The van der Waals surface area contributed by atoms with Crippen LogP contribution in [0.15, 0.2) is 0 Å². The highest BCUT2D eigenvalue weighted by atomic mass is 16.7. The Bertz CT molecular complexity index is 275. The number of hydrogen-bond donors (Lipinski definition) is 0. The van der Waals surface area contributed by atoms with E-state index in [1.165, 1.54) is 32.1 Å². The van der Waals surface area contributed by atoms with Crippen molar-refractivity contribution in [2.45, 2.75) is 92.8 Å². The maximum Gasteiger partial charge on any atom is 0.160 e. The van der Waals surface area contributed by atoms with Crippen LogP contribution in [0.1, 0.15) is 86.5 Å². The van der Waals surface area contributed by atoms with Crippen LogP contribution in [0, 0.1) is 23.2 Å². The molecule has 0 amide bonds. The monoisotopic (exact) mass is 312 g/mol. The van der Waals surface area contributed by atoms with Crippen LogP contribution in [-0.4, -0.2) is 19.5 Å². The summed E-state index contributed by atoms with van der Waals surface area (Å²) in [6.45, 7) is 15.8. The smallest absolute Gasteiger partial charge is 0.160 e. The summed E-state index contributed by atoms with van der Waals surface area (Å²) in [6, 6.07) is 0. The van der Waals surface area contributed by atoms with Gasteiger partial charge in [0.1, 0.15) is 0 Å². The molecule has 1 aliphatic carbocycles. The highest BCUT2D eigenvalue weighted by molar-refractivity contribution is 4.93. The van der Waals surface area contributed by atoms with Gasteiger partial charge in [0, 0.05) is 19.1 Å². The predicted molar refractivity (Wildman–Crippen MR) is 95.0 cm³/mol. The van der Waals surface area contributed by atoms with Crippen molar-refractivity contribution in [3.05, 3.63) is 0 Å². The molecule has 3 atom stereocenters. The summed E-state index contributed by atoms with van der Waals surface area (Å²) in [5.74, 6) is 1.96. The van der Waals surface area contributed by atoms with E-state index in [4.69, 9.17) is 9.47 Å². The molecule has 0 aliphatic heterocycles. The molecule has 3 unspecified atom stereocenters. The molecule has 0 aromatic rings. The van der Waals surface area contributed by atoms with Crippen molar-refractivity contribution in [2.24, 2.45) is 23.2 Å². The Kier molecular flexibility index (Phi) is 9.01. The first-order valence-corrected chi connectivity index (χ1v) is 9.67. The zero-order chi connectivity index (χ0) is 16.6. The molecule has 1 rings (SSSR count). The van der Waals surface area contributed by atoms with Gasteiger partial charge in [0.25, 0.3) is 0 Å². The van der Waals surface area contributed by atoms with E-state index in [0.29, 0.717) is 17.3 Å². The highest BCUT2D eigenvalue weighted by Gasteiger charge is 2.46. The Hall–Kier alpha value is -0.0800. The SMILES string of the molecule is CCCCCOC(OCCCCC)C1CC(C)(C)C(C)C1C. The Morgan fingerprint density at radius 1 is 0.909 bits per heavy atom. The molecule has 0 saturated heterocycles. The van der Waals surface area contributed by atoms with Crippen LogP contribution < -0.4 is 0 Å². The number of hydrogen-bond acceptors (Lipinski definition) is 2. The van der Waals surface area contributed by atoms with Crippen LogP contribution in [-0.2, 0) is 9.47 Å². The van der Waals surface area contributed by atoms with E-state index in [9.17, 15) is 0 Å². The molecule has 0 radical (unpaired) electrons. The molecule has 0 bridgehead atoms. The van der Waals surface area contributed by atoms with Gasteiger partial charge in [-0.15, -0.1) is 0 Å². The van der Waals surface area contributed by atoms with Gasteiger partial charge < -0.3 is 9.47 Å². The summed E-state index contributed by atoms with van der Waals surface area (Å²) >= 11 is 0. The van der Waals surface area contributed by atoms with Gasteiger partial charge in [-0.25, -0.2) is 0 Å². The molecule has 0 spiro atoms. The zero-order valence-electron chi connectivity index (χ0n) is 16.0. The average Bonchev–Trinajstić information content (AvgIpc) is 2.69. The van der Waals surface area contributed by atoms with Crippen LogP contribution in [0.3, 0.4) is 0 Å². The lowest BCUT2D eigenvalue weighted by molar-refractivity contribution is -0.180. The summed E-state index contributed by atoms with van der Waals surface area (Å²) in [7, 11) is 0. The van der Waals surface area contributed by atoms with Gasteiger partial charge in [-0.2, -0.15) is 0 Å². The molecule has 0 aromatic heterocycles. The Balaban J connectivity index is 2.55. The molecular formula is C20H40O2. The maximum absolute atomic E-state index is 6.20. The van der Waals surface area contributed by atoms with Crippen molar-refractivity contribution < 1.29 is 9.47 Å². The third kappa shape index (κ3) is 5.85. The standard InChI is InChI=1S/C20H40O2/c1-7-9-11-13-21-19(22-14-12-10-8-2)18-15-20(5,6)17(4)16(18)3/h16-19H,7-15H2,1-6H3. The van der Waals surface area contributed by atoms with Crippen molar-refractivity contribution in [1.82, 2.24) is 0 Å². The Morgan fingerprint density at radius 3 is 1.77 bits per heavy atom. The van der Waals surface area contributed by atoms with E-state index < -0.39 is 0 Å². The zero-order valence-corrected chi connectivity index (χ0v) is 16.0. The van der Waals surface area contributed by atoms with Crippen molar-refractivity contribution in [3.63, 3.8) is 0 Å². The largest absolute Gasteiger partial charge is 0.352 e. The second-order valence-corrected chi connectivity index (χ2v) is 8.03. The summed E-state index contributed by atoms with van der Waals surface area (Å²) in [4.78, 5) is 0. The first-order chi connectivity index (χ1) is 10.4. The van der Waals surface area contributed by atoms with Gasteiger partial charge in [0.05, 0.1) is 0 Å². The maximum atomic E-state index is 6.20. The van der Waals surface area contributed by atoms with Gasteiger partial charge >= 0.3 is 0 Å². The lowest BCUT2D eigenvalue weighted by atomic mass is 9.81. The topological polar surface area (TPSA) is 18.5 Å². The number of ether oxygens (including phenoxy) is 2. The van der Waals surface area contributed by atoms with Gasteiger partial charge in [0.2, 0.25) is 0 Å². The summed E-state index contributed by atoms with van der Waals surface area (Å²) in [5, 5.41) is 0. The third-order valence-corrected chi connectivity index (χ3v) is 5.87. The minimum absolute atomic E-state index is 0.00735. The van der Waals surface area contributed by atoms with E-state index in [1.807, 2.05) is 0 Å². The van der Waals surface area contributed by atoms with Crippen LogP contribution in [0.25, 0.3) is 0 Å². The van der Waals surface area contributed by atoms with Gasteiger partial charge in [-0.05, 0) is 36.5 Å². The molecule has 132 valence electrons. The highest BCUT2D eigenvalue weighted by Crippen LogP contribution is 2.51. The quantitative estimate of drug-likeness (QED) is 0.342. The molecule has 0 heterocycles. The molecule has 2 nitrogen and oxygen atoms in total. The average molecular weight is 313 g/mol. The number of rotatable bonds is 11. The Labute approximate surface area is 139 Å². The minimum Gasteiger partial charge on any atom is -0.352 e. The van der Waals surface area contributed by atoms with Crippen LogP contribution >= 0.6 is 0 Å². The van der Waals surface area contributed by atoms with Crippen LogP contribution in [0.2, 0.25) is 0 Å². The summed E-state index contributed by atoms with van der Waals surface area (Å²) in [5.41, 5.74) is 0.405. The summed E-state index contributed by atoms with van der Waals surface area (Å²) < 4.78 is 12.4. The molecule has 1 aliphatic rings. The van der Waals surface area contributed by atoms with Gasteiger partial charge in [0.15, 0.2) is 6.29 Å². The molecule has 22 heavy (non-hydrogen) atoms. The molecule has 1 saturated carbocycles. The normalized spacial score (nSPS) is 27.7. The van der Waals surface area contributed by atoms with Crippen molar-refractivity contribution in [3.8, 4) is 0 Å². The minimum atomic E-state index is 0.00735. The van der Waals surface area contributed by atoms with Crippen molar-refractivity contribution in [1.29, 1.82) is 0 Å². The molecule has 0 aromatic carbocycles. The second kappa shape index (κ2) is 9.93. The molecular weight excluding hydrogens is 272 g/mol. The van der Waals surface area contributed by atoms with Gasteiger partial charge in [-0.3, -0.25) is 0 Å². The molecule has 0 N–H and O–H groups in total. The van der Waals surface area contributed by atoms with E-state index in [2.05, 4.69) is 41.5 Å². The molecule has 1 fully saturated rings. The second-order valence-electron chi connectivity index (χ2n) is 8.03. The third-order valence-electron chi connectivity index (χ3n) is 5.87. The first-order valence-electron chi connectivity index (χ1n) is 9.67. The Morgan fingerprint density at radius 2 is 1.41 bits per heavy atom.